The first-order chi connectivity index (χ1) is 14.3. The van der Waals surface area contributed by atoms with Gasteiger partial charge in [-0.15, -0.1) is 0 Å². The second-order valence-electron chi connectivity index (χ2n) is 6.42. The van der Waals surface area contributed by atoms with Gasteiger partial charge in [-0.25, -0.2) is 4.79 Å². The van der Waals surface area contributed by atoms with E-state index in [-0.39, 0.29) is 11.1 Å². The van der Waals surface area contributed by atoms with Crippen LogP contribution in [0.15, 0.2) is 51.8 Å². The standard InChI is InChI=1S/C21H17BrINO5S/c22-15-9-14(10-16(23)19(15)29-12-18(25)26)11-17-20(27)24(21(28)30-17)8-4-7-13-5-2-1-3-6-13/h1-3,5-6,9-11H,4,7-8,12H2,(H,25,26)/b17-11+. The van der Waals surface area contributed by atoms with Crippen molar-refractivity contribution in [1.29, 1.82) is 0 Å². The average Bonchev–Trinajstić information content (AvgIpc) is 2.95. The van der Waals surface area contributed by atoms with Crippen molar-refractivity contribution in [1.82, 2.24) is 4.90 Å². The first-order valence-electron chi connectivity index (χ1n) is 8.98. The summed E-state index contributed by atoms with van der Waals surface area (Å²) in [4.78, 5) is 37.4. The lowest BCUT2D eigenvalue weighted by Crippen LogP contribution is -2.29. The summed E-state index contributed by atoms with van der Waals surface area (Å²) in [6, 6.07) is 13.4. The lowest BCUT2D eigenvalue weighted by atomic mass is 10.1. The van der Waals surface area contributed by atoms with E-state index in [0.29, 0.717) is 37.2 Å². The molecule has 1 aliphatic heterocycles. The van der Waals surface area contributed by atoms with E-state index < -0.39 is 12.6 Å². The third kappa shape index (κ3) is 5.86. The number of amides is 2. The van der Waals surface area contributed by atoms with Gasteiger partial charge in [-0.2, -0.15) is 0 Å². The second-order valence-corrected chi connectivity index (χ2v) is 9.43. The smallest absolute Gasteiger partial charge is 0.341 e. The average molecular weight is 602 g/mol. The Bertz CT molecular complexity index is 989. The van der Waals surface area contributed by atoms with Crippen LogP contribution < -0.4 is 4.74 Å². The van der Waals surface area contributed by atoms with Crippen molar-refractivity contribution in [2.75, 3.05) is 13.2 Å². The number of hydrogen-bond donors (Lipinski definition) is 1. The number of benzene rings is 2. The zero-order chi connectivity index (χ0) is 21.7. The molecule has 0 unspecified atom stereocenters. The summed E-state index contributed by atoms with van der Waals surface area (Å²) in [6.45, 7) is -0.0735. The molecule has 0 bridgehead atoms. The van der Waals surface area contributed by atoms with E-state index in [9.17, 15) is 14.4 Å². The number of carbonyl (C=O) groups is 3. The van der Waals surface area contributed by atoms with Crippen LogP contribution in [0.1, 0.15) is 17.5 Å². The molecule has 1 heterocycles. The minimum atomic E-state index is -1.07. The predicted octanol–water partition coefficient (Wildman–Crippen LogP) is 5.19. The molecule has 0 atom stereocenters. The lowest BCUT2D eigenvalue weighted by molar-refractivity contribution is -0.139. The van der Waals surface area contributed by atoms with E-state index in [0.717, 1.165) is 18.2 Å². The molecular formula is C21H17BrINO5S. The number of hydrogen-bond acceptors (Lipinski definition) is 5. The molecule has 0 spiro atoms. The van der Waals surface area contributed by atoms with Crippen molar-refractivity contribution < 1.29 is 24.2 Å². The number of aryl methyl sites for hydroxylation is 1. The fourth-order valence-electron chi connectivity index (χ4n) is 2.86. The summed E-state index contributed by atoms with van der Waals surface area (Å²) in [5.41, 5.74) is 1.88. The number of carboxylic acids is 1. The number of ether oxygens (including phenoxy) is 1. The van der Waals surface area contributed by atoms with Crippen molar-refractivity contribution in [3.63, 3.8) is 0 Å². The zero-order valence-corrected chi connectivity index (χ0v) is 20.2. The molecule has 1 saturated heterocycles. The molecule has 0 radical (unpaired) electrons. The third-order valence-corrected chi connectivity index (χ3v) is 6.52. The highest BCUT2D eigenvalue weighted by Crippen LogP contribution is 2.36. The first kappa shape index (κ1) is 22.8. The fourth-order valence-corrected chi connectivity index (χ4v) is 5.50. The number of imide groups is 1. The van der Waals surface area contributed by atoms with Crippen LogP contribution in [0.3, 0.4) is 0 Å². The minimum absolute atomic E-state index is 0.269. The molecule has 0 aliphatic carbocycles. The van der Waals surface area contributed by atoms with Gasteiger partial charge in [-0.1, -0.05) is 30.3 Å². The van der Waals surface area contributed by atoms with E-state index in [2.05, 4.69) is 15.9 Å². The van der Waals surface area contributed by atoms with Crippen LogP contribution in [0.5, 0.6) is 5.75 Å². The molecule has 3 rings (SSSR count). The number of carbonyl (C=O) groups excluding carboxylic acids is 2. The van der Waals surface area contributed by atoms with Gasteiger partial charge in [0.15, 0.2) is 6.61 Å². The number of nitrogens with zero attached hydrogens (tertiary/aromatic N) is 1. The van der Waals surface area contributed by atoms with Gasteiger partial charge >= 0.3 is 5.97 Å². The SMILES string of the molecule is O=C(O)COc1c(Br)cc(/C=C2/SC(=O)N(CCCc3ccccc3)C2=O)cc1I. The summed E-state index contributed by atoms with van der Waals surface area (Å²) >= 11 is 6.33. The van der Waals surface area contributed by atoms with E-state index >= 15 is 0 Å². The monoisotopic (exact) mass is 601 g/mol. The van der Waals surface area contributed by atoms with Crippen LogP contribution in [-0.4, -0.2) is 40.3 Å². The maximum Gasteiger partial charge on any atom is 0.341 e. The van der Waals surface area contributed by atoms with E-state index in [1.54, 1.807) is 18.2 Å². The zero-order valence-electron chi connectivity index (χ0n) is 15.6. The van der Waals surface area contributed by atoms with Crippen molar-refractivity contribution in [3.05, 3.63) is 66.5 Å². The molecule has 9 heteroatoms. The Morgan fingerprint density at radius 3 is 2.63 bits per heavy atom. The van der Waals surface area contributed by atoms with Crippen molar-refractivity contribution >= 4 is 73.5 Å². The molecule has 2 aromatic carbocycles. The summed E-state index contributed by atoms with van der Waals surface area (Å²) in [5, 5.41) is 8.51. The van der Waals surface area contributed by atoms with E-state index in [4.69, 9.17) is 9.84 Å². The maximum atomic E-state index is 12.7. The normalized spacial score (nSPS) is 15.1. The Hall–Kier alpha value is -1.85. The molecule has 1 fully saturated rings. The summed E-state index contributed by atoms with van der Waals surface area (Å²) in [5.74, 6) is -0.942. The maximum absolute atomic E-state index is 12.7. The fraction of sp³-hybridized carbons (Fsp3) is 0.190. The molecule has 156 valence electrons. The Labute approximate surface area is 199 Å². The number of thioether (sulfide) groups is 1. The molecule has 6 nitrogen and oxygen atoms in total. The van der Waals surface area contributed by atoms with Gasteiger partial charge < -0.3 is 9.84 Å². The van der Waals surface area contributed by atoms with Crippen LogP contribution in [0.25, 0.3) is 6.08 Å². The van der Waals surface area contributed by atoms with Crippen molar-refractivity contribution in [2.45, 2.75) is 12.8 Å². The summed E-state index contributed by atoms with van der Waals surface area (Å²) in [7, 11) is 0. The van der Waals surface area contributed by atoms with Crippen LogP contribution in [0, 0.1) is 3.57 Å². The number of aliphatic carboxylic acids is 1. The van der Waals surface area contributed by atoms with Gasteiger partial charge in [-0.05, 0) is 92.5 Å². The van der Waals surface area contributed by atoms with Gasteiger partial charge in [0.1, 0.15) is 5.75 Å². The predicted molar refractivity (Wildman–Crippen MR) is 127 cm³/mol. The van der Waals surface area contributed by atoms with E-state index in [1.807, 2.05) is 52.9 Å². The number of rotatable bonds is 8. The summed E-state index contributed by atoms with van der Waals surface area (Å²) < 4.78 is 6.55. The topological polar surface area (TPSA) is 83.9 Å². The van der Waals surface area contributed by atoms with Crippen LogP contribution in [-0.2, 0) is 16.0 Å². The number of carboxylic acid groups (broad SMARTS) is 1. The van der Waals surface area contributed by atoms with Crippen LogP contribution >= 0.6 is 50.3 Å². The molecule has 30 heavy (non-hydrogen) atoms. The minimum Gasteiger partial charge on any atom is -0.480 e. The van der Waals surface area contributed by atoms with Gasteiger partial charge in [-0.3, -0.25) is 14.5 Å². The largest absolute Gasteiger partial charge is 0.480 e. The molecular weight excluding hydrogens is 585 g/mol. The van der Waals surface area contributed by atoms with Gasteiger partial charge in [0.25, 0.3) is 11.1 Å². The van der Waals surface area contributed by atoms with Crippen LogP contribution in [0.2, 0.25) is 0 Å². The van der Waals surface area contributed by atoms with Crippen LogP contribution in [0.4, 0.5) is 4.79 Å². The third-order valence-electron chi connectivity index (χ3n) is 4.22. The molecule has 2 aromatic rings. The quantitative estimate of drug-likeness (QED) is 0.331. The Morgan fingerprint density at radius 1 is 1.23 bits per heavy atom. The van der Waals surface area contributed by atoms with Gasteiger partial charge in [0.2, 0.25) is 0 Å². The lowest BCUT2D eigenvalue weighted by Gasteiger charge is -2.12. The van der Waals surface area contributed by atoms with Crippen molar-refractivity contribution in [2.24, 2.45) is 0 Å². The summed E-state index contributed by atoms with van der Waals surface area (Å²) in [6.07, 6.45) is 3.16. The van der Waals surface area contributed by atoms with Gasteiger partial charge in [0.05, 0.1) is 12.9 Å². The Balaban J connectivity index is 1.68. The van der Waals surface area contributed by atoms with Crippen molar-refractivity contribution in [3.8, 4) is 5.75 Å². The molecule has 1 aliphatic rings. The highest BCUT2D eigenvalue weighted by Gasteiger charge is 2.34. The Morgan fingerprint density at radius 2 is 1.97 bits per heavy atom. The second kappa shape index (κ2) is 10.5. The van der Waals surface area contributed by atoms with Gasteiger partial charge in [0, 0.05) is 6.54 Å². The highest BCUT2D eigenvalue weighted by atomic mass is 127. The Kier molecular flexibility index (Phi) is 7.95. The molecule has 1 N–H and O–H groups in total. The van der Waals surface area contributed by atoms with E-state index in [1.165, 1.54) is 10.5 Å². The number of halogens is 2. The molecule has 0 aromatic heterocycles. The first-order valence-corrected chi connectivity index (χ1v) is 11.7. The molecule has 0 saturated carbocycles. The highest BCUT2D eigenvalue weighted by molar-refractivity contribution is 14.1. The molecule has 2 amide bonds.